The zero-order valence-corrected chi connectivity index (χ0v) is 25.9. The van der Waals surface area contributed by atoms with Crippen LogP contribution in [0.15, 0.2) is 30.3 Å². The van der Waals surface area contributed by atoms with Crippen molar-refractivity contribution in [2.45, 2.75) is 57.0 Å². The summed E-state index contributed by atoms with van der Waals surface area (Å²) < 4.78 is 34.6. The quantitative estimate of drug-likeness (QED) is 0.338. The molecule has 2 saturated carbocycles. The monoisotopic (exact) mass is 588 g/mol. The molecule has 5 rings (SSSR count). The minimum absolute atomic E-state index is 0.00972. The second kappa shape index (κ2) is 10.2. The van der Waals surface area contributed by atoms with Crippen LogP contribution >= 0.6 is 0 Å². The van der Waals surface area contributed by atoms with Gasteiger partial charge in [-0.2, -0.15) is 0 Å². The lowest BCUT2D eigenvalue weighted by atomic mass is 9.64. The first kappa shape index (κ1) is 30.2. The SMILES string of the molecule is COC(=O)C[N+](C)(C)CC(=O)NCC1(O)CC2CCC1(CS(=O)(=O)N1CCC3(C=Cc4ccccc43)CC1)C2(C)C. The molecule has 1 amide bonds. The van der Waals surface area contributed by atoms with Crippen molar-refractivity contribution in [3.8, 4) is 0 Å². The molecular weight excluding hydrogens is 542 g/mol. The van der Waals surface area contributed by atoms with Crippen LogP contribution in [0.2, 0.25) is 0 Å². The number of sulfonamides is 1. The minimum atomic E-state index is -3.68. The van der Waals surface area contributed by atoms with Gasteiger partial charge < -0.3 is 19.6 Å². The summed E-state index contributed by atoms with van der Waals surface area (Å²) in [6.45, 7) is 5.14. The number of aliphatic hydroxyl groups is 1. The lowest BCUT2D eigenvalue weighted by Gasteiger charge is -2.49. The summed E-state index contributed by atoms with van der Waals surface area (Å²) in [5, 5.41) is 15.0. The van der Waals surface area contributed by atoms with E-state index in [2.05, 4.69) is 43.4 Å². The van der Waals surface area contributed by atoms with Gasteiger partial charge in [0, 0.05) is 30.5 Å². The molecular formula is C31H46N3O6S+. The minimum Gasteiger partial charge on any atom is -0.465 e. The first-order valence-electron chi connectivity index (χ1n) is 14.7. The third-order valence-corrected chi connectivity index (χ3v) is 13.1. The Morgan fingerprint density at radius 1 is 1.12 bits per heavy atom. The summed E-state index contributed by atoms with van der Waals surface area (Å²) >= 11 is 0. The van der Waals surface area contributed by atoms with E-state index in [9.17, 15) is 23.1 Å². The Labute approximate surface area is 244 Å². The van der Waals surface area contributed by atoms with E-state index in [4.69, 9.17) is 4.74 Å². The third kappa shape index (κ3) is 5.04. The van der Waals surface area contributed by atoms with Crippen molar-refractivity contribution in [1.82, 2.24) is 9.62 Å². The lowest BCUT2D eigenvalue weighted by Crippen LogP contribution is -2.61. The van der Waals surface area contributed by atoms with Crippen LogP contribution in [0.3, 0.4) is 0 Å². The smallest absolute Gasteiger partial charge is 0.361 e. The van der Waals surface area contributed by atoms with Gasteiger partial charge in [-0.3, -0.25) is 4.79 Å². The van der Waals surface area contributed by atoms with Crippen molar-refractivity contribution in [2.75, 3.05) is 59.7 Å². The number of piperidine rings is 1. The molecule has 0 aromatic heterocycles. The number of rotatable bonds is 9. The van der Waals surface area contributed by atoms with Gasteiger partial charge >= 0.3 is 5.97 Å². The fraction of sp³-hybridized carbons (Fsp3) is 0.677. The highest BCUT2D eigenvalue weighted by atomic mass is 32.2. The molecule has 1 saturated heterocycles. The van der Waals surface area contributed by atoms with Crippen LogP contribution in [0.25, 0.3) is 6.08 Å². The normalized spacial score (nSPS) is 30.0. The molecule has 41 heavy (non-hydrogen) atoms. The fourth-order valence-corrected chi connectivity index (χ4v) is 10.8. The number of likely N-dealkylation sites (N-methyl/N-ethyl adjacent to an activating group) is 1. The van der Waals surface area contributed by atoms with Crippen LogP contribution in [0.4, 0.5) is 0 Å². The molecule has 226 valence electrons. The van der Waals surface area contributed by atoms with Crippen molar-refractivity contribution in [2.24, 2.45) is 16.7 Å². The number of benzene rings is 1. The number of amides is 1. The molecule has 10 heteroatoms. The molecule has 3 aliphatic carbocycles. The Balaban J connectivity index is 1.29. The number of carbonyl (C=O) groups is 2. The Morgan fingerprint density at radius 3 is 2.46 bits per heavy atom. The molecule has 0 radical (unpaired) electrons. The van der Waals surface area contributed by atoms with E-state index < -0.39 is 32.4 Å². The summed E-state index contributed by atoms with van der Waals surface area (Å²) in [6.07, 6.45) is 7.80. The van der Waals surface area contributed by atoms with E-state index >= 15 is 0 Å². The summed E-state index contributed by atoms with van der Waals surface area (Å²) in [7, 11) is 1.17. The highest BCUT2D eigenvalue weighted by molar-refractivity contribution is 7.89. The molecule has 1 aromatic rings. The number of methoxy groups -OCH3 is 1. The summed E-state index contributed by atoms with van der Waals surface area (Å²) in [5.41, 5.74) is -0.230. The Kier molecular flexibility index (Phi) is 7.49. The van der Waals surface area contributed by atoms with Crippen molar-refractivity contribution >= 4 is 28.0 Å². The van der Waals surface area contributed by atoms with Gasteiger partial charge in [0.25, 0.3) is 5.91 Å². The van der Waals surface area contributed by atoms with Gasteiger partial charge in [0.05, 0.1) is 32.6 Å². The number of hydrogen-bond donors (Lipinski definition) is 2. The van der Waals surface area contributed by atoms with Gasteiger partial charge in [-0.1, -0.05) is 50.3 Å². The van der Waals surface area contributed by atoms with Gasteiger partial charge in [0.2, 0.25) is 10.0 Å². The highest BCUT2D eigenvalue weighted by Crippen LogP contribution is 2.70. The second-order valence-corrected chi connectivity index (χ2v) is 16.1. The number of nitrogens with one attached hydrogen (secondary N) is 1. The van der Waals surface area contributed by atoms with Crippen molar-refractivity contribution in [1.29, 1.82) is 0 Å². The number of quaternary nitrogens is 1. The Morgan fingerprint density at radius 2 is 1.80 bits per heavy atom. The van der Waals surface area contributed by atoms with Crippen LogP contribution in [-0.4, -0.2) is 99.5 Å². The van der Waals surface area contributed by atoms with Crippen molar-refractivity contribution in [3.63, 3.8) is 0 Å². The molecule has 1 spiro atoms. The molecule has 1 heterocycles. The number of fused-ring (bicyclic) bond motifs is 4. The zero-order valence-electron chi connectivity index (χ0n) is 25.1. The highest BCUT2D eigenvalue weighted by Gasteiger charge is 2.72. The molecule has 2 bridgehead atoms. The van der Waals surface area contributed by atoms with E-state index in [1.54, 1.807) is 18.4 Å². The Hall–Kier alpha value is -2.27. The second-order valence-electron chi connectivity index (χ2n) is 14.1. The maximum atomic E-state index is 14.1. The van der Waals surface area contributed by atoms with Gasteiger partial charge in [-0.15, -0.1) is 0 Å². The molecule has 2 N–H and O–H groups in total. The molecule has 9 nitrogen and oxygen atoms in total. The number of ether oxygens (including phenoxy) is 1. The number of allylic oxidation sites excluding steroid dienone is 1. The predicted molar refractivity (Wildman–Crippen MR) is 157 cm³/mol. The molecule has 3 atom stereocenters. The van der Waals surface area contributed by atoms with Crippen molar-refractivity contribution in [3.05, 3.63) is 41.5 Å². The third-order valence-electron chi connectivity index (χ3n) is 11.1. The molecule has 3 fully saturated rings. The maximum Gasteiger partial charge on any atom is 0.361 e. The van der Waals surface area contributed by atoms with E-state index in [1.807, 2.05) is 12.1 Å². The van der Waals surface area contributed by atoms with E-state index in [0.29, 0.717) is 25.9 Å². The van der Waals surface area contributed by atoms with Crippen LogP contribution in [0.1, 0.15) is 57.1 Å². The summed E-state index contributed by atoms with van der Waals surface area (Å²) in [5.74, 6) is -0.649. The maximum absolute atomic E-state index is 14.1. The molecule has 1 aromatic carbocycles. The van der Waals surface area contributed by atoms with Gasteiger partial charge in [-0.25, -0.2) is 17.5 Å². The average molecular weight is 589 g/mol. The van der Waals surface area contributed by atoms with Gasteiger partial charge in [-0.05, 0) is 54.6 Å². The lowest BCUT2D eigenvalue weighted by molar-refractivity contribution is -0.875. The van der Waals surface area contributed by atoms with Crippen LogP contribution in [-0.2, 0) is 29.8 Å². The fourth-order valence-electron chi connectivity index (χ4n) is 8.52. The molecule has 3 unspecified atom stereocenters. The Bertz CT molecular complexity index is 1350. The largest absolute Gasteiger partial charge is 0.465 e. The first-order chi connectivity index (χ1) is 19.1. The predicted octanol–water partition coefficient (Wildman–Crippen LogP) is 2.30. The molecule has 4 aliphatic rings. The number of hydrogen-bond acceptors (Lipinski definition) is 6. The standard InChI is InChI=1S/C31H45N3O6S/c1-28(2)24-11-13-30(28,31(37,18-24)21-32-26(35)19-34(3,4)20-27(36)40-5)22-41(38,39)33-16-14-29(15-17-33)12-10-23-8-6-7-9-25(23)29/h6-10,12,24,37H,11,13-22H2,1-5H3/p+1. The zero-order chi connectivity index (χ0) is 29.9. The van der Waals surface area contributed by atoms with E-state index in [0.717, 1.165) is 19.3 Å². The van der Waals surface area contributed by atoms with E-state index in [1.165, 1.54) is 18.2 Å². The summed E-state index contributed by atoms with van der Waals surface area (Å²) in [4.78, 5) is 24.7. The van der Waals surface area contributed by atoms with E-state index in [-0.39, 0.29) is 47.1 Å². The van der Waals surface area contributed by atoms with Crippen molar-refractivity contribution < 1.29 is 32.3 Å². The molecule has 1 aliphatic heterocycles. The van der Waals surface area contributed by atoms with Gasteiger partial charge in [0.15, 0.2) is 13.1 Å². The number of esters is 1. The van der Waals surface area contributed by atoms with Crippen LogP contribution in [0, 0.1) is 16.7 Å². The number of nitrogens with zero attached hydrogens (tertiary/aromatic N) is 2. The van der Waals surface area contributed by atoms with Crippen LogP contribution < -0.4 is 5.32 Å². The van der Waals surface area contributed by atoms with Gasteiger partial charge in [0.1, 0.15) is 0 Å². The summed E-state index contributed by atoms with van der Waals surface area (Å²) in [6, 6.07) is 8.35. The first-order valence-corrected chi connectivity index (χ1v) is 16.3. The number of carbonyl (C=O) groups excluding carboxylic acids is 2. The average Bonchev–Trinajstić information content (AvgIpc) is 3.42. The van der Waals surface area contributed by atoms with Crippen LogP contribution in [0.5, 0.6) is 0 Å². The topological polar surface area (TPSA) is 113 Å².